The summed E-state index contributed by atoms with van der Waals surface area (Å²) in [4.78, 5) is 12.8. The zero-order chi connectivity index (χ0) is 14.7. The predicted molar refractivity (Wildman–Crippen MR) is 68.9 cm³/mol. The molecule has 20 heavy (non-hydrogen) atoms. The second-order valence-electron chi connectivity index (χ2n) is 4.92. The summed E-state index contributed by atoms with van der Waals surface area (Å²) in [5.41, 5.74) is 0.774. The maximum atomic E-state index is 12.2. The van der Waals surface area contributed by atoms with Crippen LogP contribution in [-0.2, 0) is 4.79 Å². The van der Waals surface area contributed by atoms with Crippen LogP contribution in [0.3, 0.4) is 0 Å². The number of ether oxygens (including phenoxy) is 1. The van der Waals surface area contributed by atoms with Gasteiger partial charge in [0.1, 0.15) is 5.75 Å². The average Bonchev–Trinajstić information content (AvgIpc) is 3.18. The highest BCUT2D eigenvalue weighted by molar-refractivity contribution is 5.69. The van der Waals surface area contributed by atoms with Crippen LogP contribution in [0.25, 0.3) is 0 Å². The van der Waals surface area contributed by atoms with Gasteiger partial charge < -0.3 is 9.84 Å². The van der Waals surface area contributed by atoms with Crippen LogP contribution in [0.5, 0.6) is 5.75 Å². The summed E-state index contributed by atoms with van der Waals surface area (Å²) < 4.78 is 28.8. The molecule has 1 atom stereocenters. The van der Waals surface area contributed by atoms with Gasteiger partial charge in [-0.1, -0.05) is 12.1 Å². The molecule has 110 valence electrons. The van der Waals surface area contributed by atoms with Crippen molar-refractivity contribution in [3.05, 3.63) is 29.8 Å². The molecule has 0 aliphatic heterocycles. The van der Waals surface area contributed by atoms with E-state index in [1.165, 1.54) is 12.1 Å². The summed E-state index contributed by atoms with van der Waals surface area (Å²) in [7, 11) is 0. The van der Waals surface area contributed by atoms with Crippen molar-refractivity contribution in [3.8, 4) is 5.75 Å². The first-order valence-corrected chi connectivity index (χ1v) is 6.49. The van der Waals surface area contributed by atoms with E-state index in [4.69, 9.17) is 5.11 Å². The number of carboxylic acid groups (broad SMARTS) is 1. The molecule has 0 saturated heterocycles. The van der Waals surface area contributed by atoms with Gasteiger partial charge >= 0.3 is 12.6 Å². The monoisotopic (exact) mass is 285 g/mol. The van der Waals surface area contributed by atoms with Gasteiger partial charge in [0.25, 0.3) is 0 Å². The van der Waals surface area contributed by atoms with Gasteiger partial charge in [0.15, 0.2) is 0 Å². The molecule has 0 amide bonds. The molecule has 0 bridgehead atoms. The minimum atomic E-state index is -2.86. The molecular weight excluding hydrogens is 268 g/mol. The van der Waals surface area contributed by atoms with Crippen molar-refractivity contribution in [1.29, 1.82) is 0 Å². The largest absolute Gasteiger partial charge is 0.480 e. The van der Waals surface area contributed by atoms with E-state index in [-0.39, 0.29) is 24.4 Å². The molecule has 1 aromatic rings. The molecule has 0 radical (unpaired) electrons. The Morgan fingerprint density at radius 1 is 1.50 bits per heavy atom. The summed E-state index contributed by atoms with van der Waals surface area (Å²) in [5.74, 6) is -0.792. The summed E-state index contributed by atoms with van der Waals surface area (Å²) in [6.07, 6.45) is 1.95. The number of alkyl halides is 2. The van der Waals surface area contributed by atoms with Crippen LogP contribution in [0.15, 0.2) is 24.3 Å². The lowest BCUT2D eigenvalue weighted by atomic mass is 10.1. The van der Waals surface area contributed by atoms with Crippen molar-refractivity contribution in [2.24, 2.45) is 0 Å². The summed E-state index contributed by atoms with van der Waals surface area (Å²) >= 11 is 0. The number of hydrogen-bond acceptors (Lipinski definition) is 3. The number of rotatable bonds is 7. The maximum Gasteiger partial charge on any atom is 0.387 e. The lowest BCUT2D eigenvalue weighted by Crippen LogP contribution is -2.34. The van der Waals surface area contributed by atoms with Crippen molar-refractivity contribution >= 4 is 5.97 Å². The third-order valence-corrected chi connectivity index (χ3v) is 3.40. The summed E-state index contributed by atoms with van der Waals surface area (Å²) in [5, 5.41) is 8.96. The smallest absolute Gasteiger partial charge is 0.387 e. The SMILES string of the molecule is CC(c1cccc(OC(F)F)c1)N(CC(=O)O)C1CC1. The van der Waals surface area contributed by atoms with Gasteiger partial charge in [0, 0.05) is 12.1 Å². The molecule has 0 aromatic heterocycles. The molecule has 2 rings (SSSR count). The van der Waals surface area contributed by atoms with Crippen molar-refractivity contribution in [1.82, 2.24) is 4.90 Å². The van der Waals surface area contributed by atoms with Crippen molar-refractivity contribution in [3.63, 3.8) is 0 Å². The van der Waals surface area contributed by atoms with Crippen LogP contribution >= 0.6 is 0 Å². The Balaban J connectivity index is 2.13. The topological polar surface area (TPSA) is 49.8 Å². The van der Waals surface area contributed by atoms with E-state index in [0.29, 0.717) is 0 Å². The Labute approximate surface area is 116 Å². The van der Waals surface area contributed by atoms with Crippen LogP contribution in [-0.4, -0.2) is 35.2 Å². The quantitative estimate of drug-likeness (QED) is 0.837. The number of nitrogens with zero attached hydrogens (tertiary/aromatic N) is 1. The van der Waals surface area contributed by atoms with Gasteiger partial charge in [0.05, 0.1) is 6.54 Å². The molecule has 0 heterocycles. The average molecular weight is 285 g/mol. The van der Waals surface area contributed by atoms with Crippen LogP contribution in [0.2, 0.25) is 0 Å². The van der Waals surface area contributed by atoms with Gasteiger partial charge in [-0.05, 0) is 37.5 Å². The highest BCUT2D eigenvalue weighted by Crippen LogP contribution is 2.34. The molecule has 1 unspecified atom stereocenters. The first kappa shape index (κ1) is 14.7. The standard InChI is InChI=1S/C14H17F2NO3/c1-9(17(8-13(18)19)11-5-6-11)10-3-2-4-12(7-10)20-14(15)16/h2-4,7,9,11,14H,5-6,8H2,1H3,(H,18,19). The molecule has 1 saturated carbocycles. The van der Waals surface area contributed by atoms with Crippen LogP contribution in [0.4, 0.5) is 8.78 Å². The van der Waals surface area contributed by atoms with E-state index in [1.807, 2.05) is 11.8 Å². The maximum absolute atomic E-state index is 12.2. The van der Waals surface area contributed by atoms with E-state index >= 15 is 0 Å². The minimum absolute atomic E-state index is 0.0498. The number of aliphatic carboxylic acids is 1. The molecule has 6 heteroatoms. The molecule has 1 N–H and O–H groups in total. The number of carboxylic acids is 1. The zero-order valence-corrected chi connectivity index (χ0v) is 11.1. The fraction of sp³-hybridized carbons (Fsp3) is 0.500. The zero-order valence-electron chi connectivity index (χ0n) is 11.1. The van der Waals surface area contributed by atoms with E-state index < -0.39 is 12.6 Å². The van der Waals surface area contributed by atoms with Gasteiger partial charge in [-0.25, -0.2) is 0 Å². The van der Waals surface area contributed by atoms with E-state index in [2.05, 4.69) is 4.74 Å². The molecular formula is C14H17F2NO3. The van der Waals surface area contributed by atoms with Gasteiger partial charge in [-0.15, -0.1) is 0 Å². The van der Waals surface area contributed by atoms with Crippen molar-refractivity contribution in [2.75, 3.05) is 6.54 Å². The summed E-state index contributed by atoms with van der Waals surface area (Å²) in [6.45, 7) is -1.03. The van der Waals surface area contributed by atoms with Gasteiger partial charge in [0.2, 0.25) is 0 Å². The third-order valence-electron chi connectivity index (χ3n) is 3.40. The van der Waals surface area contributed by atoms with Gasteiger partial charge in [-0.3, -0.25) is 9.69 Å². The number of halogens is 2. The lowest BCUT2D eigenvalue weighted by molar-refractivity contribution is -0.139. The second-order valence-corrected chi connectivity index (χ2v) is 4.92. The second kappa shape index (κ2) is 6.17. The number of carbonyl (C=O) groups is 1. The Kier molecular flexibility index (Phi) is 4.54. The van der Waals surface area contributed by atoms with E-state index in [0.717, 1.165) is 18.4 Å². The Bertz CT molecular complexity index is 477. The molecule has 1 fully saturated rings. The van der Waals surface area contributed by atoms with Crippen molar-refractivity contribution < 1.29 is 23.4 Å². The fourth-order valence-electron chi connectivity index (χ4n) is 2.29. The number of hydrogen-bond donors (Lipinski definition) is 1. The predicted octanol–water partition coefficient (Wildman–Crippen LogP) is 2.90. The minimum Gasteiger partial charge on any atom is -0.480 e. The van der Waals surface area contributed by atoms with Gasteiger partial charge in [-0.2, -0.15) is 8.78 Å². The van der Waals surface area contributed by atoms with Crippen molar-refractivity contribution in [2.45, 2.75) is 38.5 Å². The third kappa shape index (κ3) is 3.90. The lowest BCUT2D eigenvalue weighted by Gasteiger charge is -2.28. The molecule has 4 nitrogen and oxygen atoms in total. The first-order valence-electron chi connectivity index (χ1n) is 6.49. The molecule has 0 spiro atoms. The highest BCUT2D eigenvalue weighted by atomic mass is 19.3. The molecule has 1 aromatic carbocycles. The van der Waals surface area contributed by atoms with Crippen LogP contribution in [0, 0.1) is 0 Å². The Morgan fingerprint density at radius 2 is 2.20 bits per heavy atom. The van der Waals surface area contributed by atoms with Crippen LogP contribution in [0.1, 0.15) is 31.4 Å². The molecule has 1 aliphatic rings. The van der Waals surface area contributed by atoms with E-state index in [1.54, 1.807) is 12.1 Å². The number of benzene rings is 1. The highest BCUT2D eigenvalue weighted by Gasteiger charge is 2.34. The molecule has 1 aliphatic carbocycles. The fourth-order valence-corrected chi connectivity index (χ4v) is 2.29. The first-order chi connectivity index (χ1) is 9.47. The van der Waals surface area contributed by atoms with E-state index in [9.17, 15) is 13.6 Å². The Hall–Kier alpha value is -1.69. The summed E-state index contributed by atoms with van der Waals surface area (Å²) in [6, 6.07) is 6.53. The van der Waals surface area contributed by atoms with Crippen LogP contribution < -0.4 is 4.74 Å². The normalized spacial score (nSPS) is 16.4. The Morgan fingerprint density at radius 3 is 2.75 bits per heavy atom.